The largest absolute Gasteiger partial charge is 0.328 e. The first-order valence-corrected chi connectivity index (χ1v) is 7.13. The van der Waals surface area contributed by atoms with Gasteiger partial charge >= 0.3 is 0 Å². The van der Waals surface area contributed by atoms with Crippen molar-refractivity contribution >= 4 is 0 Å². The van der Waals surface area contributed by atoms with Gasteiger partial charge in [-0.05, 0) is 33.6 Å². The first-order valence-electron chi connectivity index (χ1n) is 7.13. The lowest BCUT2D eigenvalue weighted by atomic mass is 9.97. The van der Waals surface area contributed by atoms with E-state index in [0.717, 1.165) is 0 Å². The van der Waals surface area contributed by atoms with E-state index in [4.69, 9.17) is 5.73 Å². The molecule has 1 heteroatoms. The predicted octanol–water partition coefficient (Wildman–Crippen LogP) is 5.22. The van der Waals surface area contributed by atoms with Crippen molar-refractivity contribution < 1.29 is 0 Å². The Labute approximate surface area is 109 Å². The summed E-state index contributed by atoms with van der Waals surface area (Å²) in [5.41, 5.74) is 6.96. The van der Waals surface area contributed by atoms with Gasteiger partial charge in [0.15, 0.2) is 0 Å². The van der Waals surface area contributed by atoms with Crippen LogP contribution in [-0.4, -0.2) is 6.04 Å². The van der Waals surface area contributed by atoms with E-state index in [-0.39, 0.29) is 0 Å². The van der Waals surface area contributed by atoms with Crippen molar-refractivity contribution in [3.8, 4) is 0 Å². The van der Waals surface area contributed by atoms with Gasteiger partial charge < -0.3 is 5.73 Å². The smallest absolute Gasteiger partial charge is 0.00388 e. The highest BCUT2D eigenvalue weighted by atomic mass is 14.6. The Bertz CT molecular complexity index is 186. The zero-order chi connectivity index (χ0) is 13.5. The van der Waals surface area contributed by atoms with Crippen LogP contribution in [-0.2, 0) is 0 Å². The molecule has 0 unspecified atom stereocenters. The van der Waals surface area contributed by atoms with Crippen LogP contribution in [0.4, 0.5) is 0 Å². The van der Waals surface area contributed by atoms with Crippen molar-refractivity contribution in [2.75, 3.05) is 0 Å². The Hall–Kier alpha value is -0.560. The molecular formula is C16H33N. The molecule has 2 N–H and O–H groups in total. The summed E-state index contributed by atoms with van der Waals surface area (Å²) in [6.07, 6.45) is 14.1. The minimum Gasteiger partial charge on any atom is -0.328 e. The van der Waals surface area contributed by atoms with Crippen LogP contribution < -0.4 is 5.73 Å². The van der Waals surface area contributed by atoms with Crippen molar-refractivity contribution in [2.45, 2.75) is 79.2 Å². The van der Waals surface area contributed by atoms with Gasteiger partial charge in [0.1, 0.15) is 0 Å². The molecule has 1 rings (SSSR count). The fourth-order valence-corrected chi connectivity index (χ4v) is 1.49. The van der Waals surface area contributed by atoms with Crippen LogP contribution in [0.25, 0.3) is 0 Å². The van der Waals surface area contributed by atoms with Crippen LogP contribution >= 0.6 is 0 Å². The molecule has 1 fully saturated rings. The molecule has 0 saturated heterocycles. The number of nitrogens with two attached hydrogens (primary N) is 1. The van der Waals surface area contributed by atoms with Crippen molar-refractivity contribution in [2.24, 2.45) is 5.73 Å². The third-order valence-corrected chi connectivity index (χ3v) is 2.53. The molecule has 0 radical (unpaired) electrons. The molecule has 0 bridgehead atoms. The van der Waals surface area contributed by atoms with E-state index in [1.807, 2.05) is 19.9 Å². The van der Waals surface area contributed by atoms with E-state index in [0.29, 0.717) is 6.04 Å². The van der Waals surface area contributed by atoms with Crippen molar-refractivity contribution in [3.63, 3.8) is 0 Å². The van der Waals surface area contributed by atoms with Gasteiger partial charge in [-0.3, -0.25) is 0 Å². The van der Waals surface area contributed by atoms with Crippen molar-refractivity contribution in [1.82, 2.24) is 0 Å². The summed E-state index contributed by atoms with van der Waals surface area (Å²) in [5.74, 6) is 0. The summed E-state index contributed by atoms with van der Waals surface area (Å²) < 4.78 is 0. The van der Waals surface area contributed by atoms with Gasteiger partial charge in [-0.25, -0.2) is 0 Å². The molecule has 0 heterocycles. The van der Waals surface area contributed by atoms with Gasteiger partial charge in [0.25, 0.3) is 0 Å². The molecule has 1 nitrogen and oxygen atoms in total. The van der Waals surface area contributed by atoms with Crippen LogP contribution in [0.1, 0.15) is 73.1 Å². The molecular weight excluding hydrogens is 206 g/mol. The molecule has 0 amide bonds. The van der Waals surface area contributed by atoms with Crippen LogP contribution in [0.15, 0.2) is 23.8 Å². The monoisotopic (exact) mass is 239 g/mol. The fraction of sp³-hybridized carbons (Fsp3) is 0.750. The molecule has 0 spiro atoms. The summed E-state index contributed by atoms with van der Waals surface area (Å²) in [7, 11) is 0. The van der Waals surface area contributed by atoms with Gasteiger partial charge in [-0.1, -0.05) is 63.3 Å². The first-order chi connectivity index (χ1) is 8.12. The standard InChI is InChI=1S/C7H12.C6H13N.C3H8/c1-4-6-7(3)5-2;7-6-4-2-1-3-5-6;1-3-2/h4-6H,1-3H3;6H,1-5,7H2;3H2,1-2H3/b6-4-,7-5-;;. The number of hydrogen-bond donors (Lipinski definition) is 1. The zero-order valence-electron chi connectivity index (χ0n) is 12.6. The maximum atomic E-state index is 5.63. The Morgan fingerprint density at radius 3 is 1.76 bits per heavy atom. The lowest BCUT2D eigenvalue weighted by Gasteiger charge is -2.15. The maximum absolute atomic E-state index is 5.63. The maximum Gasteiger partial charge on any atom is 0.00388 e. The topological polar surface area (TPSA) is 26.0 Å². The summed E-state index contributed by atoms with van der Waals surface area (Å²) in [6, 6.07) is 0.536. The van der Waals surface area contributed by atoms with Crippen LogP contribution in [0.5, 0.6) is 0 Å². The number of hydrogen-bond acceptors (Lipinski definition) is 1. The lowest BCUT2D eigenvalue weighted by molar-refractivity contribution is 0.441. The molecule has 17 heavy (non-hydrogen) atoms. The molecule has 0 aromatic heterocycles. The Kier molecular flexibility index (Phi) is 17.1. The third-order valence-electron chi connectivity index (χ3n) is 2.53. The average Bonchev–Trinajstić information content (AvgIpc) is 2.32. The normalized spacial score (nSPS) is 16.9. The molecule has 1 aliphatic rings. The SMILES string of the molecule is C/C=C\C(C)=C/C.CCC.NC1CCCCC1. The molecule has 0 aromatic rings. The highest BCUT2D eigenvalue weighted by Gasteiger charge is 2.06. The summed E-state index contributed by atoms with van der Waals surface area (Å²) >= 11 is 0. The number of rotatable bonds is 1. The minimum atomic E-state index is 0.536. The van der Waals surface area contributed by atoms with E-state index < -0.39 is 0 Å². The van der Waals surface area contributed by atoms with E-state index in [2.05, 4.69) is 32.9 Å². The first kappa shape index (κ1) is 18.8. The summed E-state index contributed by atoms with van der Waals surface area (Å²) in [5, 5.41) is 0. The summed E-state index contributed by atoms with van der Waals surface area (Å²) in [6.45, 7) is 10.4. The molecule has 0 aliphatic heterocycles. The molecule has 1 aliphatic carbocycles. The van der Waals surface area contributed by atoms with Gasteiger partial charge in [-0.15, -0.1) is 0 Å². The average molecular weight is 239 g/mol. The summed E-state index contributed by atoms with van der Waals surface area (Å²) in [4.78, 5) is 0. The van der Waals surface area contributed by atoms with Crippen LogP contribution in [0, 0.1) is 0 Å². The van der Waals surface area contributed by atoms with Crippen molar-refractivity contribution in [3.05, 3.63) is 23.8 Å². The van der Waals surface area contributed by atoms with E-state index >= 15 is 0 Å². The molecule has 0 atom stereocenters. The Balaban J connectivity index is 0. The van der Waals surface area contributed by atoms with Crippen LogP contribution in [0.2, 0.25) is 0 Å². The van der Waals surface area contributed by atoms with Gasteiger partial charge in [-0.2, -0.15) is 0 Å². The van der Waals surface area contributed by atoms with Gasteiger partial charge in [0.2, 0.25) is 0 Å². The predicted molar refractivity (Wildman–Crippen MR) is 81.3 cm³/mol. The zero-order valence-corrected chi connectivity index (χ0v) is 12.6. The lowest BCUT2D eigenvalue weighted by Crippen LogP contribution is -2.22. The third kappa shape index (κ3) is 18.0. The van der Waals surface area contributed by atoms with E-state index in [9.17, 15) is 0 Å². The number of allylic oxidation sites excluding steroid dienone is 4. The fourth-order valence-electron chi connectivity index (χ4n) is 1.49. The van der Waals surface area contributed by atoms with Crippen molar-refractivity contribution in [1.29, 1.82) is 0 Å². The van der Waals surface area contributed by atoms with Crippen LogP contribution in [0.3, 0.4) is 0 Å². The Morgan fingerprint density at radius 1 is 1.12 bits per heavy atom. The second-order valence-electron chi connectivity index (χ2n) is 4.64. The minimum absolute atomic E-state index is 0.536. The van der Waals surface area contributed by atoms with Gasteiger partial charge in [0.05, 0.1) is 0 Å². The highest BCUT2D eigenvalue weighted by molar-refractivity contribution is 5.13. The second-order valence-corrected chi connectivity index (χ2v) is 4.64. The quantitative estimate of drug-likeness (QED) is 0.623. The molecule has 102 valence electrons. The highest BCUT2D eigenvalue weighted by Crippen LogP contribution is 2.14. The Morgan fingerprint density at radius 2 is 1.59 bits per heavy atom. The van der Waals surface area contributed by atoms with E-state index in [1.165, 1.54) is 44.1 Å². The molecule has 1 saturated carbocycles. The van der Waals surface area contributed by atoms with Gasteiger partial charge in [0, 0.05) is 6.04 Å². The van der Waals surface area contributed by atoms with E-state index in [1.54, 1.807) is 0 Å². The second kappa shape index (κ2) is 15.4. The molecule has 0 aromatic carbocycles.